The maximum absolute atomic E-state index is 10.5. The molecular weight excluding hydrogens is 326 g/mol. The summed E-state index contributed by atoms with van der Waals surface area (Å²) in [5.41, 5.74) is 0. The Morgan fingerprint density at radius 1 is 1.05 bits per heavy atom. The first-order chi connectivity index (χ1) is 8.84. The van der Waals surface area contributed by atoms with E-state index in [0.29, 0.717) is 0 Å². The van der Waals surface area contributed by atoms with Gasteiger partial charge in [-0.2, -0.15) is 0 Å². The van der Waals surface area contributed by atoms with E-state index in [1.807, 2.05) is 0 Å². The van der Waals surface area contributed by atoms with Crippen LogP contribution in [0, 0.1) is 0 Å². The lowest BCUT2D eigenvalue weighted by Gasteiger charge is -2.25. The standard InChI is InChI=1S/C6H14O12P2/c7-4-3(1-16-19(10,11)12)18-6(9,5(4)8)2-17-20(13,14)15/h3-5,7-9H,1-2H2,(H2,10,11,12)(H2,13,14,15)/t3-,4+,5?,6+/m1/s1. The zero-order valence-electron chi connectivity index (χ0n) is 9.71. The van der Waals surface area contributed by atoms with Crippen molar-refractivity contribution in [2.75, 3.05) is 13.2 Å². The summed E-state index contributed by atoms with van der Waals surface area (Å²) in [6.45, 7) is -2.05. The molecule has 14 heteroatoms. The van der Waals surface area contributed by atoms with Crippen molar-refractivity contribution >= 4 is 15.6 Å². The second-order valence-electron chi connectivity index (χ2n) is 3.99. The molecule has 120 valence electrons. The number of hydrogen-bond donors (Lipinski definition) is 7. The molecule has 4 atom stereocenters. The Kier molecular flexibility index (Phi) is 5.48. The molecule has 1 unspecified atom stereocenters. The fourth-order valence-corrected chi connectivity index (χ4v) is 2.17. The van der Waals surface area contributed by atoms with Gasteiger partial charge in [0.25, 0.3) is 0 Å². The van der Waals surface area contributed by atoms with E-state index in [1.165, 1.54) is 0 Å². The van der Waals surface area contributed by atoms with Crippen LogP contribution in [0.3, 0.4) is 0 Å². The lowest BCUT2D eigenvalue weighted by atomic mass is 10.1. The Bertz CT molecular complexity index is 428. The van der Waals surface area contributed by atoms with Crippen LogP contribution in [-0.4, -0.2) is 72.2 Å². The van der Waals surface area contributed by atoms with Crippen molar-refractivity contribution in [1.82, 2.24) is 0 Å². The van der Waals surface area contributed by atoms with Gasteiger partial charge in [-0.3, -0.25) is 9.05 Å². The highest BCUT2D eigenvalue weighted by Crippen LogP contribution is 2.41. The summed E-state index contributed by atoms with van der Waals surface area (Å²) in [5, 5.41) is 28.8. The van der Waals surface area contributed by atoms with Crippen molar-refractivity contribution in [1.29, 1.82) is 0 Å². The summed E-state index contributed by atoms with van der Waals surface area (Å²) < 4.78 is 33.6. The third-order valence-electron chi connectivity index (χ3n) is 2.37. The number of rotatable bonds is 6. The second kappa shape index (κ2) is 6.05. The monoisotopic (exact) mass is 340 g/mol. The smallest absolute Gasteiger partial charge is 0.387 e. The van der Waals surface area contributed by atoms with Gasteiger partial charge in [0, 0.05) is 0 Å². The van der Waals surface area contributed by atoms with Gasteiger partial charge in [0.1, 0.15) is 24.9 Å². The highest BCUT2D eigenvalue weighted by molar-refractivity contribution is 7.46. The average Bonchev–Trinajstić information content (AvgIpc) is 2.48. The molecule has 1 rings (SSSR count). The van der Waals surface area contributed by atoms with E-state index in [4.69, 9.17) is 19.6 Å². The quantitative estimate of drug-likeness (QED) is 0.242. The molecule has 0 bridgehead atoms. The number of hydrogen-bond acceptors (Lipinski definition) is 8. The van der Waals surface area contributed by atoms with Crippen LogP contribution in [-0.2, 0) is 22.9 Å². The van der Waals surface area contributed by atoms with Gasteiger partial charge < -0.3 is 39.6 Å². The van der Waals surface area contributed by atoms with Crippen molar-refractivity contribution in [3.8, 4) is 0 Å². The van der Waals surface area contributed by atoms with Crippen LogP contribution in [0.1, 0.15) is 0 Å². The topological polar surface area (TPSA) is 203 Å². The number of phosphoric acid groups is 2. The molecule has 1 heterocycles. The van der Waals surface area contributed by atoms with E-state index in [0.717, 1.165) is 0 Å². The highest BCUT2D eigenvalue weighted by atomic mass is 31.2. The molecule has 0 amide bonds. The molecule has 12 nitrogen and oxygen atoms in total. The molecule has 0 spiro atoms. The SMILES string of the molecule is O=P(O)(O)OC[C@H]1O[C@@](O)(COP(=O)(O)O)C(O)[C@H]1O. The van der Waals surface area contributed by atoms with Crippen LogP contribution in [0.2, 0.25) is 0 Å². The van der Waals surface area contributed by atoms with Gasteiger partial charge >= 0.3 is 15.6 Å². The van der Waals surface area contributed by atoms with Gasteiger partial charge in [-0.1, -0.05) is 0 Å². The molecule has 20 heavy (non-hydrogen) atoms. The summed E-state index contributed by atoms with van der Waals surface area (Å²) in [6.07, 6.45) is -5.38. The number of phosphoric ester groups is 2. The summed E-state index contributed by atoms with van der Waals surface area (Å²) in [4.78, 5) is 33.9. The van der Waals surface area contributed by atoms with Crippen molar-refractivity contribution in [3.05, 3.63) is 0 Å². The van der Waals surface area contributed by atoms with Crippen LogP contribution in [0.15, 0.2) is 0 Å². The molecule has 1 saturated heterocycles. The Hall–Kier alpha value is 0.0600. The molecule has 1 aliphatic rings. The third-order valence-corrected chi connectivity index (χ3v) is 3.32. The summed E-state index contributed by atoms with van der Waals surface area (Å²) in [5.74, 6) is -2.66. The number of aliphatic hydroxyl groups excluding tert-OH is 2. The van der Waals surface area contributed by atoms with E-state index in [-0.39, 0.29) is 0 Å². The molecule has 0 saturated carbocycles. The predicted octanol–water partition coefficient (Wildman–Crippen LogP) is -2.99. The van der Waals surface area contributed by atoms with Crippen molar-refractivity contribution < 1.29 is 57.8 Å². The summed E-state index contributed by atoms with van der Waals surface area (Å²) >= 11 is 0. The zero-order chi connectivity index (χ0) is 15.8. The van der Waals surface area contributed by atoms with Crippen molar-refractivity contribution in [2.45, 2.75) is 24.1 Å². The first-order valence-corrected chi connectivity index (χ1v) is 8.07. The molecule has 0 aromatic rings. The van der Waals surface area contributed by atoms with Gasteiger partial charge in [-0.15, -0.1) is 0 Å². The minimum absolute atomic E-state index is 0.874. The number of aliphatic hydroxyl groups is 3. The van der Waals surface area contributed by atoms with E-state index >= 15 is 0 Å². The van der Waals surface area contributed by atoms with Gasteiger partial charge in [-0.05, 0) is 0 Å². The molecule has 0 aromatic heterocycles. The van der Waals surface area contributed by atoms with E-state index in [9.17, 15) is 24.4 Å². The summed E-state index contributed by atoms with van der Waals surface area (Å²) in [6, 6.07) is 0. The molecular formula is C6H14O12P2. The summed E-state index contributed by atoms with van der Waals surface area (Å²) in [7, 11) is -9.82. The van der Waals surface area contributed by atoms with E-state index in [2.05, 4.69) is 13.8 Å². The Balaban J connectivity index is 2.67. The maximum Gasteiger partial charge on any atom is 0.469 e. The van der Waals surface area contributed by atoms with Crippen molar-refractivity contribution in [2.24, 2.45) is 0 Å². The molecule has 0 aromatic carbocycles. The minimum atomic E-state index is -4.96. The average molecular weight is 340 g/mol. The van der Waals surface area contributed by atoms with Gasteiger partial charge in [0.15, 0.2) is 0 Å². The third kappa shape index (κ3) is 5.11. The van der Waals surface area contributed by atoms with Gasteiger partial charge in [0.2, 0.25) is 5.79 Å². The first-order valence-electron chi connectivity index (χ1n) is 5.00. The van der Waals surface area contributed by atoms with Crippen LogP contribution >= 0.6 is 15.6 Å². The minimum Gasteiger partial charge on any atom is -0.387 e. The first kappa shape index (κ1) is 18.1. The fraction of sp³-hybridized carbons (Fsp3) is 1.00. The van der Waals surface area contributed by atoms with E-state index in [1.54, 1.807) is 0 Å². The Morgan fingerprint density at radius 3 is 2.00 bits per heavy atom. The number of ether oxygens (including phenoxy) is 1. The maximum atomic E-state index is 10.5. The Morgan fingerprint density at radius 2 is 1.55 bits per heavy atom. The molecule has 7 N–H and O–H groups in total. The molecule has 0 aliphatic carbocycles. The van der Waals surface area contributed by atoms with Crippen LogP contribution in [0.4, 0.5) is 0 Å². The second-order valence-corrected chi connectivity index (χ2v) is 6.47. The zero-order valence-corrected chi connectivity index (χ0v) is 11.5. The van der Waals surface area contributed by atoms with Crippen molar-refractivity contribution in [3.63, 3.8) is 0 Å². The van der Waals surface area contributed by atoms with E-state index < -0.39 is 53.0 Å². The van der Waals surface area contributed by atoms with Crippen LogP contribution in [0.5, 0.6) is 0 Å². The highest BCUT2D eigenvalue weighted by Gasteiger charge is 2.54. The Labute approximate surface area is 112 Å². The molecule has 1 aliphatic heterocycles. The van der Waals surface area contributed by atoms with Gasteiger partial charge in [-0.25, -0.2) is 9.13 Å². The van der Waals surface area contributed by atoms with Gasteiger partial charge in [0.05, 0.1) is 6.61 Å². The lowest BCUT2D eigenvalue weighted by Crippen LogP contribution is -2.46. The molecule has 0 radical (unpaired) electrons. The predicted molar refractivity (Wildman–Crippen MR) is 57.8 cm³/mol. The van der Waals surface area contributed by atoms with Crippen LogP contribution < -0.4 is 0 Å². The fourth-order valence-electron chi connectivity index (χ4n) is 1.47. The van der Waals surface area contributed by atoms with Crippen LogP contribution in [0.25, 0.3) is 0 Å². The largest absolute Gasteiger partial charge is 0.469 e. The normalized spacial score (nSPS) is 35.5. The lowest BCUT2D eigenvalue weighted by molar-refractivity contribution is -0.245. The molecule has 1 fully saturated rings.